The second kappa shape index (κ2) is 5.69. The van der Waals surface area contributed by atoms with Crippen LogP contribution in [0.4, 0.5) is 0 Å². The van der Waals surface area contributed by atoms with E-state index in [1.54, 1.807) is 0 Å². The number of hydrogen-bond acceptors (Lipinski definition) is 2. The lowest BCUT2D eigenvalue weighted by Crippen LogP contribution is -2.24. The molecular formula is C14H18N2. The van der Waals surface area contributed by atoms with E-state index in [1.165, 1.54) is 16.7 Å². The Labute approximate surface area is 97.4 Å². The largest absolute Gasteiger partial charge is 0.319 e. The van der Waals surface area contributed by atoms with Crippen molar-refractivity contribution in [1.82, 2.24) is 10.6 Å². The molecule has 84 valence electrons. The van der Waals surface area contributed by atoms with Crippen LogP contribution in [0.2, 0.25) is 0 Å². The second-order valence-corrected chi connectivity index (χ2v) is 4.03. The third-order valence-electron chi connectivity index (χ3n) is 2.86. The average Bonchev–Trinajstić information content (AvgIpc) is 2.35. The summed E-state index contributed by atoms with van der Waals surface area (Å²) in [7, 11) is 1.96. The van der Waals surface area contributed by atoms with Gasteiger partial charge in [-0.15, -0.1) is 0 Å². The standard InChI is InChI=1S/C14H18N2/c1-15-9-3-2-5-12-6-4-7-13-11-16-10-8-14(12)13/h4,6-7,15-16H,3,8-11H2,1H3. The van der Waals surface area contributed by atoms with E-state index < -0.39 is 0 Å². The van der Waals surface area contributed by atoms with Crippen LogP contribution in [0.25, 0.3) is 0 Å². The van der Waals surface area contributed by atoms with Crippen molar-refractivity contribution in [2.75, 3.05) is 20.1 Å². The molecule has 1 aromatic carbocycles. The molecule has 0 unspecified atom stereocenters. The summed E-state index contributed by atoms with van der Waals surface area (Å²) in [5.74, 6) is 6.51. The van der Waals surface area contributed by atoms with Gasteiger partial charge in [-0.3, -0.25) is 0 Å². The van der Waals surface area contributed by atoms with Crippen LogP contribution in [0, 0.1) is 11.8 Å². The lowest BCUT2D eigenvalue weighted by molar-refractivity contribution is 0.643. The van der Waals surface area contributed by atoms with E-state index in [2.05, 4.69) is 40.7 Å². The van der Waals surface area contributed by atoms with E-state index in [0.29, 0.717) is 0 Å². The van der Waals surface area contributed by atoms with E-state index in [1.807, 2.05) is 7.05 Å². The molecule has 2 heteroatoms. The summed E-state index contributed by atoms with van der Waals surface area (Å²) in [5, 5.41) is 6.49. The van der Waals surface area contributed by atoms with Crippen LogP contribution in [-0.2, 0) is 13.0 Å². The van der Waals surface area contributed by atoms with Crippen LogP contribution >= 0.6 is 0 Å². The molecular weight excluding hydrogens is 196 g/mol. The predicted molar refractivity (Wildman–Crippen MR) is 67.3 cm³/mol. The fourth-order valence-electron chi connectivity index (χ4n) is 1.99. The first kappa shape index (κ1) is 11.2. The highest BCUT2D eigenvalue weighted by molar-refractivity contribution is 5.46. The Hall–Kier alpha value is -1.30. The molecule has 0 atom stereocenters. The molecule has 1 aliphatic heterocycles. The summed E-state index contributed by atoms with van der Waals surface area (Å²) in [6.07, 6.45) is 2.02. The van der Waals surface area contributed by atoms with Crippen LogP contribution in [0.1, 0.15) is 23.1 Å². The first-order chi connectivity index (χ1) is 7.92. The number of nitrogens with one attached hydrogen (secondary N) is 2. The summed E-state index contributed by atoms with van der Waals surface area (Å²) in [6, 6.07) is 6.44. The lowest BCUT2D eigenvalue weighted by Gasteiger charge is -2.18. The Kier molecular flexibility index (Phi) is 3.98. The van der Waals surface area contributed by atoms with Crippen molar-refractivity contribution in [2.24, 2.45) is 0 Å². The number of hydrogen-bond donors (Lipinski definition) is 2. The molecule has 0 fully saturated rings. The molecule has 1 aliphatic rings. The highest BCUT2D eigenvalue weighted by Gasteiger charge is 2.10. The zero-order valence-corrected chi connectivity index (χ0v) is 9.77. The van der Waals surface area contributed by atoms with E-state index in [-0.39, 0.29) is 0 Å². The zero-order valence-electron chi connectivity index (χ0n) is 9.77. The van der Waals surface area contributed by atoms with E-state index in [9.17, 15) is 0 Å². The molecule has 2 nitrogen and oxygen atoms in total. The van der Waals surface area contributed by atoms with Crippen molar-refractivity contribution in [3.63, 3.8) is 0 Å². The van der Waals surface area contributed by atoms with Crippen LogP contribution in [0.3, 0.4) is 0 Å². The van der Waals surface area contributed by atoms with E-state index in [0.717, 1.165) is 32.5 Å². The Morgan fingerprint density at radius 2 is 2.38 bits per heavy atom. The summed E-state index contributed by atoms with van der Waals surface area (Å²) in [5.41, 5.74) is 4.07. The van der Waals surface area contributed by atoms with Gasteiger partial charge in [0.1, 0.15) is 0 Å². The predicted octanol–water partition coefficient (Wildman–Crippen LogP) is 1.29. The second-order valence-electron chi connectivity index (χ2n) is 4.03. The molecule has 0 bridgehead atoms. The summed E-state index contributed by atoms with van der Waals surface area (Å²) < 4.78 is 0. The highest BCUT2D eigenvalue weighted by Crippen LogP contribution is 2.17. The summed E-state index contributed by atoms with van der Waals surface area (Å²) in [6.45, 7) is 3.02. The molecule has 0 aliphatic carbocycles. The Morgan fingerprint density at radius 3 is 3.25 bits per heavy atom. The average molecular weight is 214 g/mol. The van der Waals surface area contributed by atoms with Gasteiger partial charge in [0, 0.05) is 25.1 Å². The quantitative estimate of drug-likeness (QED) is 0.572. The first-order valence-electron chi connectivity index (χ1n) is 5.87. The van der Waals surface area contributed by atoms with Gasteiger partial charge < -0.3 is 10.6 Å². The minimum Gasteiger partial charge on any atom is -0.319 e. The van der Waals surface area contributed by atoms with E-state index in [4.69, 9.17) is 0 Å². The van der Waals surface area contributed by atoms with Crippen molar-refractivity contribution >= 4 is 0 Å². The van der Waals surface area contributed by atoms with Gasteiger partial charge >= 0.3 is 0 Å². The third-order valence-corrected chi connectivity index (χ3v) is 2.86. The molecule has 0 saturated carbocycles. The maximum absolute atomic E-state index is 3.39. The van der Waals surface area contributed by atoms with E-state index >= 15 is 0 Å². The molecule has 0 saturated heterocycles. The maximum atomic E-state index is 3.39. The summed E-state index contributed by atoms with van der Waals surface area (Å²) in [4.78, 5) is 0. The molecule has 2 N–H and O–H groups in total. The molecule has 0 radical (unpaired) electrons. The van der Waals surface area contributed by atoms with Gasteiger partial charge in [0.15, 0.2) is 0 Å². The van der Waals surface area contributed by atoms with Crippen LogP contribution in [-0.4, -0.2) is 20.1 Å². The van der Waals surface area contributed by atoms with Crippen molar-refractivity contribution in [3.05, 3.63) is 34.9 Å². The first-order valence-corrected chi connectivity index (χ1v) is 5.87. The minimum absolute atomic E-state index is 0.915. The van der Waals surface area contributed by atoms with Gasteiger partial charge in [-0.2, -0.15) is 0 Å². The highest BCUT2D eigenvalue weighted by atomic mass is 14.9. The maximum Gasteiger partial charge on any atom is 0.0281 e. The lowest BCUT2D eigenvalue weighted by atomic mass is 9.96. The van der Waals surface area contributed by atoms with Gasteiger partial charge in [0.05, 0.1) is 0 Å². The topological polar surface area (TPSA) is 24.1 Å². The van der Waals surface area contributed by atoms with Crippen molar-refractivity contribution in [3.8, 4) is 11.8 Å². The van der Waals surface area contributed by atoms with Crippen molar-refractivity contribution < 1.29 is 0 Å². The molecule has 0 aromatic heterocycles. The van der Waals surface area contributed by atoms with Crippen LogP contribution in [0.15, 0.2) is 18.2 Å². The number of fused-ring (bicyclic) bond motifs is 1. The molecule has 0 spiro atoms. The number of rotatable bonds is 2. The minimum atomic E-state index is 0.915. The van der Waals surface area contributed by atoms with Gasteiger partial charge in [0.2, 0.25) is 0 Å². The molecule has 1 aromatic rings. The van der Waals surface area contributed by atoms with Crippen molar-refractivity contribution in [2.45, 2.75) is 19.4 Å². The van der Waals surface area contributed by atoms with Gasteiger partial charge in [-0.1, -0.05) is 24.0 Å². The molecule has 1 heterocycles. The van der Waals surface area contributed by atoms with Gasteiger partial charge in [0.25, 0.3) is 0 Å². The fraction of sp³-hybridized carbons (Fsp3) is 0.429. The molecule has 0 amide bonds. The SMILES string of the molecule is CNCCC#Cc1cccc2c1CCNC2. The number of benzene rings is 1. The Morgan fingerprint density at radius 1 is 1.44 bits per heavy atom. The summed E-state index contributed by atoms with van der Waals surface area (Å²) >= 11 is 0. The van der Waals surface area contributed by atoms with Crippen molar-refractivity contribution in [1.29, 1.82) is 0 Å². The van der Waals surface area contributed by atoms with Gasteiger partial charge in [-0.05, 0) is 37.2 Å². The molecule has 2 rings (SSSR count). The third kappa shape index (κ3) is 2.63. The normalized spacial score (nSPS) is 13.8. The van der Waals surface area contributed by atoms with Crippen LogP contribution < -0.4 is 10.6 Å². The molecule has 16 heavy (non-hydrogen) atoms. The Balaban J connectivity index is 2.16. The van der Waals surface area contributed by atoms with Crippen LogP contribution in [0.5, 0.6) is 0 Å². The fourth-order valence-corrected chi connectivity index (χ4v) is 1.99. The monoisotopic (exact) mass is 214 g/mol. The zero-order chi connectivity index (χ0) is 11.2. The van der Waals surface area contributed by atoms with Gasteiger partial charge in [-0.25, -0.2) is 0 Å². The smallest absolute Gasteiger partial charge is 0.0281 e. The Bertz CT molecular complexity index is 412.